The highest BCUT2D eigenvalue weighted by molar-refractivity contribution is 6.42. The Hall–Kier alpha value is -2.02. The van der Waals surface area contributed by atoms with E-state index in [-0.39, 0.29) is 26.3 Å². The predicted octanol–water partition coefficient (Wildman–Crippen LogP) is 4.51. The molecule has 0 aliphatic heterocycles. The second-order valence-electron chi connectivity index (χ2n) is 4.13. The normalized spacial score (nSPS) is 10.3. The first-order valence-corrected chi connectivity index (χ1v) is 6.87. The highest BCUT2D eigenvalue weighted by atomic mass is 35.5. The lowest BCUT2D eigenvalue weighted by molar-refractivity contribution is -0.385. The topological polar surface area (TPSA) is 92.5 Å². The third kappa shape index (κ3) is 3.24. The van der Waals surface area contributed by atoms with Gasteiger partial charge in [0.2, 0.25) is 5.75 Å². The molecule has 9 heteroatoms. The van der Waals surface area contributed by atoms with Gasteiger partial charge in [-0.1, -0.05) is 40.9 Å². The number of carbonyl (C=O) groups is 1. The first-order valence-electron chi connectivity index (χ1n) is 5.73. The molecule has 1 amide bonds. The van der Waals surface area contributed by atoms with E-state index in [0.29, 0.717) is 0 Å². The Bertz CT molecular complexity index is 757. The summed E-state index contributed by atoms with van der Waals surface area (Å²) in [5.41, 5.74) is -0.777. The van der Waals surface area contributed by atoms with E-state index >= 15 is 0 Å². The predicted molar refractivity (Wildman–Crippen MR) is 84.2 cm³/mol. The zero-order chi connectivity index (χ0) is 16.4. The zero-order valence-corrected chi connectivity index (χ0v) is 12.9. The number of rotatable bonds is 3. The molecule has 2 aromatic carbocycles. The van der Waals surface area contributed by atoms with Crippen molar-refractivity contribution in [2.24, 2.45) is 0 Å². The Morgan fingerprint density at radius 3 is 2.32 bits per heavy atom. The van der Waals surface area contributed by atoms with Crippen LogP contribution in [0.5, 0.6) is 5.75 Å². The summed E-state index contributed by atoms with van der Waals surface area (Å²) in [4.78, 5) is 22.1. The van der Waals surface area contributed by atoms with E-state index in [1.807, 2.05) is 0 Å². The summed E-state index contributed by atoms with van der Waals surface area (Å²) in [6.45, 7) is 0. The van der Waals surface area contributed by atoms with Crippen molar-refractivity contribution in [1.29, 1.82) is 0 Å². The van der Waals surface area contributed by atoms with Gasteiger partial charge in [0.05, 0.1) is 26.2 Å². The lowest BCUT2D eigenvalue weighted by atomic mass is 10.1. The number of benzene rings is 2. The van der Waals surface area contributed by atoms with Gasteiger partial charge in [-0.2, -0.15) is 0 Å². The number of para-hydroxylation sites is 1. The van der Waals surface area contributed by atoms with Crippen LogP contribution in [-0.4, -0.2) is 15.9 Å². The molecule has 114 valence electrons. The molecule has 0 saturated carbocycles. The average molecular weight is 362 g/mol. The summed E-state index contributed by atoms with van der Waals surface area (Å²) in [6.07, 6.45) is 0. The molecular formula is C13H7Cl3N2O4. The molecular weight excluding hydrogens is 355 g/mol. The summed E-state index contributed by atoms with van der Waals surface area (Å²) in [6, 6.07) is 6.33. The minimum absolute atomic E-state index is 0.0867. The summed E-state index contributed by atoms with van der Waals surface area (Å²) < 4.78 is 0. The van der Waals surface area contributed by atoms with E-state index in [4.69, 9.17) is 34.8 Å². The molecule has 0 aliphatic rings. The number of amides is 1. The molecule has 2 N–H and O–H groups in total. The molecule has 0 radical (unpaired) electrons. The molecule has 0 fully saturated rings. The molecule has 0 atom stereocenters. The fourth-order valence-electron chi connectivity index (χ4n) is 1.70. The molecule has 0 bridgehead atoms. The van der Waals surface area contributed by atoms with Gasteiger partial charge in [0.25, 0.3) is 5.91 Å². The summed E-state index contributed by atoms with van der Waals surface area (Å²) >= 11 is 17.6. The zero-order valence-electron chi connectivity index (χ0n) is 10.6. The third-order valence-electron chi connectivity index (χ3n) is 2.70. The van der Waals surface area contributed by atoms with Gasteiger partial charge in [-0.25, -0.2) is 0 Å². The van der Waals surface area contributed by atoms with Crippen LogP contribution in [0.25, 0.3) is 0 Å². The average Bonchev–Trinajstić information content (AvgIpc) is 2.42. The second kappa shape index (κ2) is 6.39. The monoisotopic (exact) mass is 360 g/mol. The molecule has 0 heterocycles. The maximum atomic E-state index is 12.2. The number of nitrogens with one attached hydrogen (secondary N) is 1. The highest BCUT2D eigenvalue weighted by Gasteiger charge is 2.22. The number of aromatic hydroxyl groups is 1. The lowest BCUT2D eigenvalue weighted by Gasteiger charge is -2.10. The SMILES string of the molecule is O=C(Nc1c(Cl)cc(Cl)cc1Cl)c1cccc([N+](=O)[O-])c1O. The lowest BCUT2D eigenvalue weighted by Crippen LogP contribution is -2.13. The van der Waals surface area contributed by atoms with Gasteiger partial charge in [-0.05, 0) is 18.2 Å². The van der Waals surface area contributed by atoms with Crippen molar-refractivity contribution >= 4 is 52.1 Å². The maximum Gasteiger partial charge on any atom is 0.311 e. The number of nitrogens with zero attached hydrogens (tertiary/aromatic N) is 1. The molecule has 0 spiro atoms. The number of halogens is 3. The van der Waals surface area contributed by atoms with Gasteiger partial charge in [-0.3, -0.25) is 14.9 Å². The van der Waals surface area contributed by atoms with Gasteiger partial charge in [0.1, 0.15) is 0 Å². The van der Waals surface area contributed by atoms with E-state index in [1.54, 1.807) is 0 Å². The number of phenolic OH excluding ortho intramolecular Hbond substituents is 1. The van der Waals surface area contributed by atoms with Gasteiger partial charge in [-0.15, -0.1) is 0 Å². The number of carbonyl (C=O) groups excluding carboxylic acids is 1. The van der Waals surface area contributed by atoms with Gasteiger partial charge in [0, 0.05) is 11.1 Å². The smallest absolute Gasteiger partial charge is 0.311 e. The minimum atomic E-state index is -0.799. The van der Waals surface area contributed by atoms with Crippen molar-refractivity contribution in [1.82, 2.24) is 0 Å². The van der Waals surface area contributed by atoms with Gasteiger partial charge >= 0.3 is 5.69 Å². The highest BCUT2D eigenvalue weighted by Crippen LogP contribution is 2.35. The number of nitro benzene ring substituents is 1. The number of hydrogen-bond donors (Lipinski definition) is 2. The van der Waals surface area contributed by atoms with Crippen LogP contribution in [-0.2, 0) is 0 Å². The molecule has 0 aromatic heterocycles. The van der Waals surface area contributed by atoms with E-state index in [0.717, 1.165) is 6.07 Å². The summed E-state index contributed by atoms with van der Waals surface area (Å²) in [5.74, 6) is -1.54. The standard InChI is InChI=1S/C13H7Cl3N2O4/c14-6-4-8(15)11(9(16)5-6)17-13(20)7-2-1-3-10(12(7)19)18(21)22/h1-5,19H,(H,17,20). The Kier molecular flexibility index (Phi) is 4.75. The van der Waals surface area contributed by atoms with Gasteiger partial charge in [0.15, 0.2) is 0 Å². The first kappa shape index (κ1) is 16.4. The fraction of sp³-hybridized carbons (Fsp3) is 0. The summed E-state index contributed by atoms with van der Waals surface area (Å²) in [5, 5.41) is 23.4. The molecule has 22 heavy (non-hydrogen) atoms. The van der Waals surface area contributed by atoms with E-state index in [1.165, 1.54) is 24.3 Å². The van der Waals surface area contributed by atoms with Crippen molar-refractivity contribution in [2.45, 2.75) is 0 Å². The van der Waals surface area contributed by atoms with Crippen LogP contribution in [0.4, 0.5) is 11.4 Å². The Morgan fingerprint density at radius 1 is 1.18 bits per heavy atom. The largest absolute Gasteiger partial charge is 0.502 e. The van der Waals surface area contributed by atoms with Crippen LogP contribution in [0, 0.1) is 10.1 Å². The maximum absolute atomic E-state index is 12.2. The third-order valence-corrected chi connectivity index (χ3v) is 3.52. The Balaban J connectivity index is 2.39. The molecule has 2 aromatic rings. The Labute approximate surface area is 139 Å². The molecule has 2 rings (SSSR count). The van der Waals surface area contributed by atoms with Crippen molar-refractivity contribution in [2.75, 3.05) is 5.32 Å². The molecule has 0 aliphatic carbocycles. The molecule has 0 saturated heterocycles. The van der Waals surface area contributed by atoms with Crippen LogP contribution in [0.15, 0.2) is 30.3 Å². The quantitative estimate of drug-likeness (QED) is 0.621. The number of nitro groups is 1. The molecule has 0 unspecified atom stereocenters. The van der Waals surface area contributed by atoms with Crippen LogP contribution < -0.4 is 5.32 Å². The van der Waals surface area contributed by atoms with Crippen molar-refractivity contribution in [3.63, 3.8) is 0 Å². The number of phenols is 1. The van der Waals surface area contributed by atoms with Crippen LogP contribution in [0.3, 0.4) is 0 Å². The summed E-state index contributed by atoms with van der Waals surface area (Å²) in [7, 11) is 0. The van der Waals surface area contributed by atoms with Crippen molar-refractivity contribution < 1.29 is 14.8 Å². The van der Waals surface area contributed by atoms with E-state index in [2.05, 4.69) is 5.32 Å². The van der Waals surface area contributed by atoms with Gasteiger partial charge < -0.3 is 10.4 Å². The van der Waals surface area contributed by atoms with Crippen LogP contribution >= 0.6 is 34.8 Å². The molecule has 6 nitrogen and oxygen atoms in total. The number of hydrogen-bond acceptors (Lipinski definition) is 4. The van der Waals surface area contributed by atoms with Crippen LogP contribution in [0.2, 0.25) is 15.1 Å². The number of anilines is 1. The minimum Gasteiger partial charge on any atom is -0.502 e. The Morgan fingerprint density at radius 2 is 1.77 bits per heavy atom. The van der Waals surface area contributed by atoms with E-state index in [9.17, 15) is 20.0 Å². The van der Waals surface area contributed by atoms with E-state index < -0.39 is 22.3 Å². The van der Waals surface area contributed by atoms with Crippen molar-refractivity contribution in [3.05, 3.63) is 61.1 Å². The first-order chi connectivity index (χ1) is 10.3. The second-order valence-corrected chi connectivity index (χ2v) is 5.38. The van der Waals surface area contributed by atoms with Crippen LogP contribution in [0.1, 0.15) is 10.4 Å². The van der Waals surface area contributed by atoms with Crippen molar-refractivity contribution in [3.8, 4) is 5.75 Å². The fourth-order valence-corrected chi connectivity index (χ4v) is 2.62.